The highest BCUT2D eigenvalue weighted by molar-refractivity contribution is 9.10. The molecule has 0 saturated carbocycles. The Morgan fingerprint density at radius 1 is 1.32 bits per heavy atom. The maximum absolute atomic E-state index is 4.37. The van der Waals surface area contributed by atoms with Gasteiger partial charge in [0.1, 0.15) is 0 Å². The van der Waals surface area contributed by atoms with E-state index in [0.29, 0.717) is 0 Å². The van der Waals surface area contributed by atoms with Crippen LogP contribution in [0.2, 0.25) is 0 Å². The van der Waals surface area contributed by atoms with E-state index in [1.54, 1.807) is 0 Å². The van der Waals surface area contributed by atoms with Gasteiger partial charge in [-0.2, -0.15) is 5.10 Å². The van der Waals surface area contributed by atoms with Crippen LogP contribution in [0.4, 0.5) is 0 Å². The number of halogens is 1. The molecule has 0 amide bonds. The summed E-state index contributed by atoms with van der Waals surface area (Å²) in [6.07, 6.45) is 1.87. The fraction of sp³-hybridized carbons (Fsp3) is 0.400. The average Bonchev–Trinajstić information content (AvgIpc) is 2.87. The van der Waals surface area contributed by atoms with Gasteiger partial charge in [0, 0.05) is 17.2 Å². The predicted molar refractivity (Wildman–Crippen MR) is 82.3 cm³/mol. The molecule has 0 spiro atoms. The van der Waals surface area contributed by atoms with Gasteiger partial charge < -0.3 is 5.32 Å². The molecule has 0 aliphatic heterocycles. The maximum atomic E-state index is 4.37. The Bertz CT molecular complexity index is 548. The Kier molecular flexibility index (Phi) is 4.77. The SMILES string of the molecule is CCNC(c1ccc(Br)c(C)c1)c1ccnn1CC. The first-order valence-corrected chi connectivity index (χ1v) is 7.47. The molecule has 0 fully saturated rings. The number of aromatic nitrogens is 2. The zero-order chi connectivity index (χ0) is 13.8. The summed E-state index contributed by atoms with van der Waals surface area (Å²) in [6.45, 7) is 8.18. The summed E-state index contributed by atoms with van der Waals surface area (Å²) in [5, 5.41) is 7.92. The lowest BCUT2D eigenvalue weighted by Gasteiger charge is -2.20. The lowest BCUT2D eigenvalue weighted by Crippen LogP contribution is -2.24. The number of aryl methyl sites for hydroxylation is 2. The molecule has 0 radical (unpaired) electrons. The second kappa shape index (κ2) is 6.35. The number of hydrogen-bond acceptors (Lipinski definition) is 2. The van der Waals surface area contributed by atoms with Gasteiger partial charge in [0.2, 0.25) is 0 Å². The van der Waals surface area contributed by atoms with Crippen LogP contribution in [-0.4, -0.2) is 16.3 Å². The second-order valence-electron chi connectivity index (χ2n) is 4.57. The topological polar surface area (TPSA) is 29.9 Å². The summed E-state index contributed by atoms with van der Waals surface area (Å²) in [6, 6.07) is 8.79. The molecule has 0 saturated heterocycles. The van der Waals surface area contributed by atoms with E-state index in [0.717, 1.165) is 17.6 Å². The van der Waals surface area contributed by atoms with Crippen molar-refractivity contribution in [3.63, 3.8) is 0 Å². The number of hydrogen-bond donors (Lipinski definition) is 1. The molecule has 2 rings (SSSR count). The van der Waals surface area contributed by atoms with E-state index in [-0.39, 0.29) is 6.04 Å². The molecule has 1 aromatic carbocycles. The molecule has 19 heavy (non-hydrogen) atoms. The van der Waals surface area contributed by atoms with Gasteiger partial charge in [0.25, 0.3) is 0 Å². The highest BCUT2D eigenvalue weighted by Crippen LogP contribution is 2.26. The third kappa shape index (κ3) is 3.07. The molecule has 1 unspecified atom stereocenters. The summed E-state index contributed by atoms with van der Waals surface area (Å²) in [4.78, 5) is 0. The molecule has 2 aromatic rings. The molecule has 102 valence electrons. The van der Waals surface area contributed by atoms with E-state index in [4.69, 9.17) is 0 Å². The fourth-order valence-corrected chi connectivity index (χ4v) is 2.54. The minimum atomic E-state index is 0.194. The summed E-state index contributed by atoms with van der Waals surface area (Å²) >= 11 is 3.56. The van der Waals surface area contributed by atoms with Crippen LogP contribution < -0.4 is 5.32 Å². The number of rotatable bonds is 5. The first kappa shape index (κ1) is 14.3. The quantitative estimate of drug-likeness (QED) is 0.910. The van der Waals surface area contributed by atoms with Crippen molar-refractivity contribution in [3.8, 4) is 0 Å². The fourth-order valence-electron chi connectivity index (χ4n) is 2.30. The Hall–Kier alpha value is -1.13. The standard InChI is InChI=1S/C15H20BrN3/c1-4-17-15(14-8-9-18-19(14)5-2)12-6-7-13(16)11(3)10-12/h6-10,15,17H,4-5H2,1-3H3. The predicted octanol–water partition coefficient (Wildman–Crippen LogP) is 3.67. The first-order valence-electron chi connectivity index (χ1n) is 6.68. The Morgan fingerprint density at radius 2 is 2.11 bits per heavy atom. The van der Waals surface area contributed by atoms with Crippen molar-refractivity contribution in [2.24, 2.45) is 0 Å². The van der Waals surface area contributed by atoms with Gasteiger partial charge in [-0.05, 0) is 43.7 Å². The molecule has 1 heterocycles. The van der Waals surface area contributed by atoms with Crippen LogP contribution in [0.5, 0.6) is 0 Å². The molecule has 0 aliphatic carbocycles. The van der Waals surface area contributed by atoms with Crippen LogP contribution in [0.15, 0.2) is 34.9 Å². The third-order valence-corrected chi connectivity index (χ3v) is 4.16. The summed E-state index contributed by atoms with van der Waals surface area (Å²) in [7, 11) is 0. The van der Waals surface area contributed by atoms with Gasteiger partial charge in [0.15, 0.2) is 0 Å². The van der Waals surface area contributed by atoms with Crippen LogP contribution >= 0.6 is 15.9 Å². The van der Waals surface area contributed by atoms with Gasteiger partial charge in [-0.1, -0.05) is 35.0 Å². The van der Waals surface area contributed by atoms with E-state index in [1.807, 2.05) is 10.9 Å². The molecule has 4 heteroatoms. The van der Waals surface area contributed by atoms with Gasteiger partial charge >= 0.3 is 0 Å². The Morgan fingerprint density at radius 3 is 2.74 bits per heavy atom. The molecule has 0 aliphatic rings. The zero-order valence-corrected chi connectivity index (χ0v) is 13.2. The maximum Gasteiger partial charge on any atom is 0.0748 e. The molecule has 1 atom stereocenters. The molecule has 3 nitrogen and oxygen atoms in total. The monoisotopic (exact) mass is 321 g/mol. The molecule has 1 aromatic heterocycles. The van der Waals surface area contributed by atoms with Crippen LogP contribution in [0.25, 0.3) is 0 Å². The lowest BCUT2D eigenvalue weighted by molar-refractivity contribution is 0.542. The Balaban J connectivity index is 2.42. The van der Waals surface area contributed by atoms with Crippen molar-refractivity contribution in [2.45, 2.75) is 33.4 Å². The van der Waals surface area contributed by atoms with Crippen LogP contribution in [0.3, 0.4) is 0 Å². The van der Waals surface area contributed by atoms with Crippen molar-refractivity contribution >= 4 is 15.9 Å². The van der Waals surface area contributed by atoms with Crippen molar-refractivity contribution < 1.29 is 0 Å². The van der Waals surface area contributed by atoms with Gasteiger partial charge in [-0.25, -0.2) is 0 Å². The van der Waals surface area contributed by atoms with Crippen LogP contribution in [0.1, 0.15) is 36.7 Å². The van der Waals surface area contributed by atoms with E-state index in [9.17, 15) is 0 Å². The smallest absolute Gasteiger partial charge is 0.0748 e. The number of nitrogens with one attached hydrogen (secondary N) is 1. The van der Waals surface area contributed by atoms with Crippen molar-refractivity contribution in [2.75, 3.05) is 6.54 Å². The normalized spacial score (nSPS) is 12.6. The van der Waals surface area contributed by atoms with Gasteiger partial charge in [-0.15, -0.1) is 0 Å². The highest BCUT2D eigenvalue weighted by Gasteiger charge is 2.17. The van der Waals surface area contributed by atoms with Crippen molar-refractivity contribution in [1.29, 1.82) is 0 Å². The highest BCUT2D eigenvalue weighted by atomic mass is 79.9. The first-order chi connectivity index (χ1) is 9.17. The van der Waals surface area contributed by atoms with E-state index in [2.05, 4.69) is 71.4 Å². The summed E-state index contributed by atoms with van der Waals surface area (Å²) in [5.74, 6) is 0. The molecular weight excluding hydrogens is 302 g/mol. The van der Waals surface area contributed by atoms with Crippen LogP contribution in [-0.2, 0) is 6.54 Å². The molecular formula is C15H20BrN3. The van der Waals surface area contributed by atoms with Gasteiger partial charge in [-0.3, -0.25) is 4.68 Å². The summed E-state index contributed by atoms with van der Waals surface area (Å²) < 4.78 is 3.19. The van der Waals surface area contributed by atoms with Crippen LogP contribution in [0, 0.1) is 6.92 Å². The Labute approximate surface area is 123 Å². The van der Waals surface area contributed by atoms with Gasteiger partial charge in [0.05, 0.1) is 11.7 Å². The third-order valence-electron chi connectivity index (χ3n) is 3.27. The largest absolute Gasteiger partial charge is 0.305 e. The number of benzene rings is 1. The van der Waals surface area contributed by atoms with Crippen molar-refractivity contribution in [3.05, 3.63) is 51.8 Å². The minimum absolute atomic E-state index is 0.194. The lowest BCUT2D eigenvalue weighted by atomic mass is 10.0. The van der Waals surface area contributed by atoms with E-state index >= 15 is 0 Å². The molecule has 0 bridgehead atoms. The second-order valence-corrected chi connectivity index (χ2v) is 5.43. The van der Waals surface area contributed by atoms with Crippen molar-refractivity contribution in [1.82, 2.24) is 15.1 Å². The van der Waals surface area contributed by atoms with E-state index in [1.165, 1.54) is 16.8 Å². The molecule has 1 N–H and O–H groups in total. The zero-order valence-electron chi connectivity index (χ0n) is 11.7. The summed E-state index contributed by atoms with van der Waals surface area (Å²) in [5.41, 5.74) is 3.74. The minimum Gasteiger partial charge on any atom is -0.305 e. The van der Waals surface area contributed by atoms with E-state index < -0.39 is 0 Å². The number of nitrogens with zero attached hydrogens (tertiary/aromatic N) is 2. The average molecular weight is 322 g/mol.